The minimum atomic E-state index is -1.00. The third kappa shape index (κ3) is 2.64. The van der Waals surface area contributed by atoms with Crippen LogP contribution in [0.15, 0.2) is 18.2 Å². The Balaban J connectivity index is 2.89. The van der Waals surface area contributed by atoms with Gasteiger partial charge >= 0.3 is 5.97 Å². The van der Waals surface area contributed by atoms with Crippen LogP contribution in [0.3, 0.4) is 0 Å². The molecule has 0 amide bonds. The van der Waals surface area contributed by atoms with Crippen LogP contribution in [0.2, 0.25) is 5.02 Å². The smallest absolute Gasteiger partial charge is 0.337 e. The highest BCUT2D eigenvalue weighted by atomic mass is 35.5. The minimum absolute atomic E-state index is 0.132. The molecule has 1 rings (SSSR count). The van der Waals surface area contributed by atoms with E-state index >= 15 is 0 Å². The SMILES string of the molecule is CCCNc1ccc(Cl)c(C(=O)O)c1. The first kappa shape index (κ1) is 10.9. The van der Waals surface area contributed by atoms with Crippen molar-refractivity contribution < 1.29 is 9.90 Å². The number of carboxylic acid groups (broad SMARTS) is 1. The van der Waals surface area contributed by atoms with Crippen LogP contribution in [0.25, 0.3) is 0 Å². The maximum atomic E-state index is 10.7. The molecule has 0 unspecified atom stereocenters. The van der Waals surface area contributed by atoms with E-state index in [2.05, 4.69) is 5.32 Å². The number of rotatable bonds is 4. The van der Waals surface area contributed by atoms with Gasteiger partial charge in [0.05, 0.1) is 10.6 Å². The van der Waals surface area contributed by atoms with E-state index in [0.29, 0.717) is 0 Å². The third-order valence-electron chi connectivity index (χ3n) is 1.78. The Bertz CT molecular complexity index is 339. The summed E-state index contributed by atoms with van der Waals surface area (Å²) in [7, 11) is 0. The average molecular weight is 214 g/mol. The van der Waals surface area contributed by atoms with Gasteiger partial charge in [0, 0.05) is 12.2 Å². The number of halogens is 1. The maximum Gasteiger partial charge on any atom is 0.337 e. The molecule has 0 atom stereocenters. The van der Waals surface area contributed by atoms with E-state index < -0.39 is 5.97 Å². The first-order valence-electron chi connectivity index (χ1n) is 4.42. The van der Waals surface area contributed by atoms with E-state index in [-0.39, 0.29) is 10.6 Å². The average Bonchev–Trinajstić information content (AvgIpc) is 2.16. The molecule has 0 aliphatic heterocycles. The second kappa shape index (κ2) is 4.86. The van der Waals surface area contributed by atoms with E-state index in [1.807, 2.05) is 6.92 Å². The van der Waals surface area contributed by atoms with Gasteiger partial charge in [-0.25, -0.2) is 4.79 Å². The summed E-state index contributed by atoms with van der Waals surface area (Å²) < 4.78 is 0. The minimum Gasteiger partial charge on any atom is -0.478 e. The fourth-order valence-electron chi connectivity index (χ4n) is 1.07. The Labute approximate surface area is 87.7 Å². The monoisotopic (exact) mass is 213 g/mol. The van der Waals surface area contributed by atoms with Crippen LogP contribution in [-0.4, -0.2) is 17.6 Å². The molecule has 76 valence electrons. The fourth-order valence-corrected chi connectivity index (χ4v) is 1.27. The lowest BCUT2D eigenvalue weighted by molar-refractivity contribution is 0.0697. The summed E-state index contributed by atoms with van der Waals surface area (Å²) in [5.41, 5.74) is 0.918. The fraction of sp³-hybridized carbons (Fsp3) is 0.300. The van der Waals surface area contributed by atoms with Crippen LogP contribution in [0.1, 0.15) is 23.7 Å². The molecule has 1 aromatic carbocycles. The molecule has 0 bridgehead atoms. The molecule has 0 radical (unpaired) electrons. The number of hydrogen-bond acceptors (Lipinski definition) is 2. The first-order valence-corrected chi connectivity index (χ1v) is 4.79. The number of hydrogen-bond donors (Lipinski definition) is 2. The zero-order valence-electron chi connectivity index (χ0n) is 7.88. The van der Waals surface area contributed by atoms with Gasteiger partial charge in [0.2, 0.25) is 0 Å². The molecule has 0 aliphatic carbocycles. The van der Waals surface area contributed by atoms with Crippen LogP contribution in [-0.2, 0) is 0 Å². The van der Waals surface area contributed by atoms with Gasteiger partial charge in [-0.2, -0.15) is 0 Å². The quantitative estimate of drug-likeness (QED) is 0.809. The summed E-state index contributed by atoms with van der Waals surface area (Å²) in [6.45, 7) is 2.86. The van der Waals surface area contributed by atoms with Crippen LogP contribution in [0.4, 0.5) is 5.69 Å². The van der Waals surface area contributed by atoms with Crippen LogP contribution in [0.5, 0.6) is 0 Å². The summed E-state index contributed by atoms with van der Waals surface area (Å²) in [5, 5.41) is 12.2. The molecule has 3 nitrogen and oxygen atoms in total. The largest absolute Gasteiger partial charge is 0.478 e. The molecular weight excluding hydrogens is 202 g/mol. The number of carboxylic acids is 1. The molecule has 2 N–H and O–H groups in total. The van der Waals surface area contributed by atoms with Crippen molar-refractivity contribution in [3.8, 4) is 0 Å². The van der Waals surface area contributed by atoms with Crippen LogP contribution >= 0.6 is 11.6 Å². The lowest BCUT2D eigenvalue weighted by atomic mass is 10.2. The van der Waals surface area contributed by atoms with E-state index in [1.165, 1.54) is 0 Å². The van der Waals surface area contributed by atoms with Crippen molar-refractivity contribution in [3.63, 3.8) is 0 Å². The van der Waals surface area contributed by atoms with Crippen LogP contribution < -0.4 is 5.32 Å². The summed E-state index contributed by atoms with van der Waals surface area (Å²) >= 11 is 5.72. The van der Waals surface area contributed by atoms with Gasteiger partial charge in [0.1, 0.15) is 0 Å². The van der Waals surface area contributed by atoms with Gasteiger partial charge in [0.15, 0.2) is 0 Å². The zero-order chi connectivity index (χ0) is 10.6. The van der Waals surface area contributed by atoms with Gasteiger partial charge in [-0.3, -0.25) is 0 Å². The van der Waals surface area contributed by atoms with Gasteiger partial charge < -0.3 is 10.4 Å². The van der Waals surface area contributed by atoms with E-state index in [1.54, 1.807) is 18.2 Å². The van der Waals surface area contributed by atoms with Crippen molar-refractivity contribution in [1.29, 1.82) is 0 Å². The predicted octanol–water partition coefficient (Wildman–Crippen LogP) is 2.86. The zero-order valence-corrected chi connectivity index (χ0v) is 8.64. The molecule has 0 aromatic heterocycles. The standard InChI is InChI=1S/C10H12ClNO2/c1-2-5-12-7-3-4-9(11)8(6-7)10(13)14/h3-4,6,12H,2,5H2,1H3,(H,13,14). The van der Waals surface area contributed by atoms with Crippen LogP contribution in [0, 0.1) is 0 Å². The molecule has 0 heterocycles. The first-order chi connectivity index (χ1) is 6.65. The Hall–Kier alpha value is -1.22. The summed E-state index contributed by atoms with van der Waals surface area (Å²) in [5.74, 6) is -1.00. The number of carbonyl (C=O) groups is 1. The number of benzene rings is 1. The second-order valence-electron chi connectivity index (χ2n) is 2.93. The molecule has 0 aliphatic rings. The normalized spacial score (nSPS) is 9.86. The molecule has 4 heteroatoms. The number of nitrogens with one attached hydrogen (secondary N) is 1. The van der Waals surface area contributed by atoms with Crippen molar-refractivity contribution in [3.05, 3.63) is 28.8 Å². The second-order valence-corrected chi connectivity index (χ2v) is 3.33. The summed E-state index contributed by atoms with van der Waals surface area (Å²) in [4.78, 5) is 10.7. The van der Waals surface area contributed by atoms with Gasteiger partial charge in [0.25, 0.3) is 0 Å². The van der Waals surface area contributed by atoms with Crippen molar-refractivity contribution in [2.45, 2.75) is 13.3 Å². The Morgan fingerprint density at radius 1 is 1.57 bits per heavy atom. The molecule has 0 saturated heterocycles. The lowest BCUT2D eigenvalue weighted by Crippen LogP contribution is -2.03. The number of anilines is 1. The highest BCUT2D eigenvalue weighted by molar-refractivity contribution is 6.33. The van der Waals surface area contributed by atoms with Gasteiger partial charge in [-0.1, -0.05) is 18.5 Å². The molecular formula is C10H12ClNO2. The third-order valence-corrected chi connectivity index (χ3v) is 2.11. The van der Waals surface area contributed by atoms with Crippen molar-refractivity contribution in [1.82, 2.24) is 0 Å². The van der Waals surface area contributed by atoms with Crippen molar-refractivity contribution in [2.75, 3.05) is 11.9 Å². The van der Waals surface area contributed by atoms with Gasteiger partial charge in [-0.05, 0) is 24.6 Å². The predicted molar refractivity (Wildman–Crippen MR) is 57.2 cm³/mol. The Morgan fingerprint density at radius 3 is 2.86 bits per heavy atom. The van der Waals surface area contributed by atoms with E-state index in [4.69, 9.17) is 16.7 Å². The summed E-state index contributed by atoms with van der Waals surface area (Å²) in [6, 6.07) is 4.90. The molecule has 0 saturated carbocycles. The maximum absolute atomic E-state index is 10.7. The molecule has 14 heavy (non-hydrogen) atoms. The van der Waals surface area contributed by atoms with Crippen molar-refractivity contribution >= 4 is 23.3 Å². The van der Waals surface area contributed by atoms with E-state index in [9.17, 15) is 4.79 Å². The Morgan fingerprint density at radius 2 is 2.29 bits per heavy atom. The van der Waals surface area contributed by atoms with Gasteiger partial charge in [-0.15, -0.1) is 0 Å². The molecule has 0 spiro atoms. The van der Waals surface area contributed by atoms with E-state index in [0.717, 1.165) is 18.7 Å². The molecule has 0 fully saturated rings. The van der Waals surface area contributed by atoms with Crippen molar-refractivity contribution in [2.24, 2.45) is 0 Å². The number of aromatic carboxylic acids is 1. The lowest BCUT2D eigenvalue weighted by Gasteiger charge is -2.06. The highest BCUT2D eigenvalue weighted by Crippen LogP contribution is 2.20. The molecule has 1 aromatic rings. The summed E-state index contributed by atoms with van der Waals surface area (Å²) in [6.07, 6.45) is 0.991. The Kier molecular flexibility index (Phi) is 3.77. The highest BCUT2D eigenvalue weighted by Gasteiger charge is 2.08. The topological polar surface area (TPSA) is 49.3 Å².